The molecule has 0 radical (unpaired) electrons. The van der Waals surface area contributed by atoms with Gasteiger partial charge >= 0.3 is 0 Å². The minimum atomic E-state index is -0.276. The van der Waals surface area contributed by atoms with E-state index < -0.39 is 0 Å². The number of halogens is 2. The van der Waals surface area contributed by atoms with Crippen LogP contribution in [0.3, 0.4) is 0 Å². The van der Waals surface area contributed by atoms with Gasteiger partial charge in [-0.1, -0.05) is 54.1 Å². The molecular weight excluding hydrogens is 437 g/mol. The Bertz CT molecular complexity index is 965. The predicted octanol–water partition coefficient (Wildman–Crippen LogP) is 5.44. The maximum atomic E-state index is 12.6. The van der Waals surface area contributed by atoms with Crippen molar-refractivity contribution in [2.24, 2.45) is 0 Å². The number of hydrogen-bond acceptors (Lipinski definition) is 4. The molecule has 1 amide bonds. The van der Waals surface area contributed by atoms with Crippen molar-refractivity contribution in [1.82, 2.24) is 5.32 Å². The molecule has 3 aromatic carbocycles. The Labute approximate surface area is 191 Å². The highest BCUT2D eigenvalue weighted by Gasteiger charge is 2.13. The van der Waals surface area contributed by atoms with Crippen LogP contribution < -0.4 is 14.8 Å². The zero-order valence-electron chi connectivity index (χ0n) is 16.9. The first-order valence-corrected chi connectivity index (χ1v) is 10.7. The predicted molar refractivity (Wildman–Crippen MR) is 122 cm³/mol. The lowest BCUT2D eigenvalue weighted by Crippen LogP contribution is -2.23. The molecule has 7 heteroatoms. The van der Waals surface area contributed by atoms with Crippen LogP contribution in [-0.2, 0) is 17.9 Å². The molecule has 0 saturated heterocycles. The Morgan fingerprint density at radius 3 is 2.42 bits per heavy atom. The average molecular weight is 460 g/mol. The number of rotatable bonds is 11. The molecule has 0 bridgehead atoms. The SMILES string of the molecule is O=C(NCc1ccc(OCOCc2ccccc2)cc1)c1cc(Cl)ccc1OCCCl. The molecule has 0 saturated carbocycles. The lowest BCUT2D eigenvalue weighted by molar-refractivity contribution is 0.00504. The smallest absolute Gasteiger partial charge is 0.255 e. The van der Waals surface area contributed by atoms with Gasteiger partial charge < -0.3 is 19.5 Å². The second-order valence-electron chi connectivity index (χ2n) is 6.60. The molecule has 0 unspecified atom stereocenters. The van der Waals surface area contributed by atoms with Gasteiger partial charge in [0.05, 0.1) is 18.1 Å². The number of amides is 1. The van der Waals surface area contributed by atoms with Crippen molar-refractivity contribution in [1.29, 1.82) is 0 Å². The fourth-order valence-corrected chi connectivity index (χ4v) is 3.03. The van der Waals surface area contributed by atoms with E-state index in [0.29, 0.717) is 47.7 Å². The van der Waals surface area contributed by atoms with Gasteiger partial charge in [0.2, 0.25) is 0 Å². The minimum Gasteiger partial charge on any atom is -0.492 e. The number of carbonyl (C=O) groups is 1. The summed E-state index contributed by atoms with van der Waals surface area (Å²) in [6.07, 6.45) is 0. The number of ether oxygens (including phenoxy) is 3. The van der Waals surface area contributed by atoms with E-state index in [-0.39, 0.29) is 12.7 Å². The molecule has 0 atom stereocenters. The first kappa shape index (κ1) is 22.9. The van der Waals surface area contributed by atoms with E-state index in [2.05, 4.69) is 5.32 Å². The van der Waals surface area contributed by atoms with E-state index in [4.69, 9.17) is 37.4 Å². The number of benzene rings is 3. The van der Waals surface area contributed by atoms with Crippen LogP contribution in [-0.4, -0.2) is 25.2 Å². The summed E-state index contributed by atoms with van der Waals surface area (Å²) in [5, 5.41) is 3.33. The summed E-state index contributed by atoms with van der Waals surface area (Å²) < 4.78 is 16.6. The molecule has 31 heavy (non-hydrogen) atoms. The summed E-state index contributed by atoms with van der Waals surface area (Å²) in [5.41, 5.74) is 2.39. The number of nitrogens with one attached hydrogen (secondary N) is 1. The Balaban J connectivity index is 1.46. The van der Waals surface area contributed by atoms with Gasteiger partial charge in [0.1, 0.15) is 18.1 Å². The van der Waals surface area contributed by atoms with Gasteiger partial charge in [-0.25, -0.2) is 0 Å². The van der Waals surface area contributed by atoms with E-state index >= 15 is 0 Å². The number of alkyl halides is 1. The molecule has 0 aromatic heterocycles. The lowest BCUT2D eigenvalue weighted by Gasteiger charge is -2.12. The third-order valence-electron chi connectivity index (χ3n) is 4.32. The first-order valence-electron chi connectivity index (χ1n) is 9.75. The minimum absolute atomic E-state index is 0.158. The average Bonchev–Trinajstić information content (AvgIpc) is 2.81. The lowest BCUT2D eigenvalue weighted by atomic mass is 10.1. The second kappa shape index (κ2) is 12.2. The highest BCUT2D eigenvalue weighted by atomic mass is 35.5. The summed E-state index contributed by atoms with van der Waals surface area (Å²) in [4.78, 5) is 12.6. The van der Waals surface area contributed by atoms with Crippen LogP contribution in [0.1, 0.15) is 21.5 Å². The topological polar surface area (TPSA) is 56.8 Å². The summed E-state index contributed by atoms with van der Waals surface area (Å²) in [5.74, 6) is 1.19. The summed E-state index contributed by atoms with van der Waals surface area (Å²) >= 11 is 11.7. The molecule has 1 N–H and O–H groups in total. The second-order valence-corrected chi connectivity index (χ2v) is 7.42. The van der Waals surface area contributed by atoms with E-state index in [1.807, 2.05) is 54.6 Å². The Morgan fingerprint density at radius 1 is 0.903 bits per heavy atom. The van der Waals surface area contributed by atoms with E-state index in [9.17, 15) is 4.79 Å². The molecule has 0 aliphatic carbocycles. The van der Waals surface area contributed by atoms with Crippen LogP contribution in [0.25, 0.3) is 0 Å². The third kappa shape index (κ3) is 7.47. The van der Waals surface area contributed by atoms with Crippen molar-refractivity contribution in [3.8, 4) is 11.5 Å². The molecule has 3 aromatic rings. The van der Waals surface area contributed by atoms with Crippen LogP contribution in [0.2, 0.25) is 5.02 Å². The van der Waals surface area contributed by atoms with Crippen LogP contribution in [0.15, 0.2) is 72.8 Å². The van der Waals surface area contributed by atoms with Crippen molar-refractivity contribution in [2.45, 2.75) is 13.2 Å². The van der Waals surface area contributed by atoms with Gasteiger partial charge in [-0.05, 0) is 41.5 Å². The monoisotopic (exact) mass is 459 g/mol. The molecule has 3 rings (SSSR count). The molecule has 0 heterocycles. The van der Waals surface area contributed by atoms with Crippen molar-refractivity contribution in [3.63, 3.8) is 0 Å². The zero-order valence-corrected chi connectivity index (χ0v) is 18.4. The zero-order chi connectivity index (χ0) is 21.9. The maximum Gasteiger partial charge on any atom is 0.255 e. The molecule has 5 nitrogen and oxygen atoms in total. The van der Waals surface area contributed by atoms with Crippen molar-refractivity contribution in [2.75, 3.05) is 19.3 Å². The first-order chi connectivity index (χ1) is 15.2. The van der Waals surface area contributed by atoms with Crippen LogP contribution in [0.5, 0.6) is 11.5 Å². The van der Waals surface area contributed by atoms with Gasteiger partial charge in [0.15, 0.2) is 6.79 Å². The highest BCUT2D eigenvalue weighted by Crippen LogP contribution is 2.23. The summed E-state index contributed by atoms with van der Waals surface area (Å²) in [6, 6.07) is 22.3. The third-order valence-corrected chi connectivity index (χ3v) is 4.71. The Kier molecular flexibility index (Phi) is 9.03. The molecular formula is C24H23Cl2NO4. The van der Waals surface area contributed by atoms with Crippen molar-refractivity contribution < 1.29 is 19.0 Å². The van der Waals surface area contributed by atoms with Gasteiger partial charge in [-0.2, -0.15) is 0 Å². The highest BCUT2D eigenvalue weighted by molar-refractivity contribution is 6.31. The van der Waals surface area contributed by atoms with Crippen LogP contribution in [0.4, 0.5) is 0 Å². The van der Waals surface area contributed by atoms with E-state index in [0.717, 1.165) is 11.1 Å². The molecule has 162 valence electrons. The van der Waals surface area contributed by atoms with E-state index in [1.165, 1.54) is 0 Å². The van der Waals surface area contributed by atoms with Crippen molar-refractivity contribution in [3.05, 3.63) is 94.5 Å². The maximum absolute atomic E-state index is 12.6. The summed E-state index contributed by atoms with van der Waals surface area (Å²) in [7, 11) is 0. The fourth-order valence-electron chi connectivity index (χ4n) is 2.78. The van der Waals surface area contributed by atoms with Gasteiger partial charge in [-0.3, -0.25) is 4.79 Å². The van der Waals surface area contributed by atoms with Crippen LogP contribution in [0, 0.1) is 0 Å². The largest absolute Gasteiger partial charge is 0.492 e. The fraction of sp³-hybridized carbons (Fsp3) is 0.208. The van der Waals surface area contributed by atoms with E-state index in [1.54, 1.807) is 18.2 Å². The molecule has 0 aliphatic heterocycles. The molecule has 0 aliphatic rings. The van der Waals surface area contributed by atoms with Gasteiger partial charge in [0, 0.05) is 11.6 Å². The number of hydrogen-bond donors (Lipinski definition) is 1. The Hall–Kier alpha value is -2.73. The van der Waals surface area contributed by atoms with Gasteiger partial charge in [0.25, 0.3) is 5.91 Å². The summed E-state index contributed by atoms with van der Waals surface area (Å²) in [6.45, 7) is 1.31. The standard InChI is InChI=1S/C24H23Cl2NO4/c25-12-13-30-23-11-8-20(26)14-22(23)24(28)27-15-18-6-9-21(10-7-18)31-17-29-16-19-4-2-1-3-5-19/h1-11,14H,12-13,15-17H2,(H,27,28). The molecule has 0 spiro atoms. The van der Waals surface area contributed by atoms with Crippen LogP contribution >= 0.6 is 23.2 Å². The Morgan fingerprint density at radius 2 is 1.68 bits per heavy atom. The van der Waals surface area contributed by atoms with Gasteiger partial charge in [-0.15, -0.1) is 11.6 Å². The number of carbonyl (C=O) groups excluding carboxylic acids is 1. The quantitative estimate of drug-likeness (QED) is 0.235. The van der Waals surface area contributed by atoms with Crippen molar-refractivity contribution >= 4 is 29.1 Å². The normalized spacial score (nSPS) is 10.5. The molecule has 0 fully saturated rings.